The molecule has 3 aromatic rings. The minimum atomic E-state index is -4.56. The fraction of sp³-hybridized carbons (Fsp3) is 0.400. The molecule has 1 N–H and O–H groups in total. The molecule has 3 aromatic heterocycles. The van der Waals surface area contributed by atoms with E-state index >= 15 is 0 Å². The summed E-state index contributed by atoms with van der Waals surface area (Å²) in [6.07, 6.45) is 2.38. The van der Waals surface area contributed by atoms with Crippen LogP contribution in [0, 0.1) is 11.3 Å². The molecule has 1 fully saturated rings. The van der Waals surface area contributed by atoms with Crippen molar-refractivity contribution in [2.24, 2.45) is 4.99 Å². The number of hydrogen-bond donors (Lipinski definition) is 1. The molecule has 0 radical (unpaired) electrons. The number of H-pyrrole nitrogens is 1. The highest BCUT2D eigenvalue weighted by atomic mass is 32.2. The van der Waals surface area contributed by atoms with Gasteiger partial charge in [-0.1, -0.05) is 0 Å². The van der Waals surface area contributed by atoms with E-state index in [-0.39, 0.29) is 19.5 Å². The largest absolute Gasteiger partial charge is 0.390 e. The molecule has 9 nitrogen and oxygen atoms in total. The standard InChI is InChI=1S/C20H20F3N7O2S/c1-25-8-14-9-27-18-16(2-6-26-18)17(14)15-10-28-30(11-15)19(3-5-24)12-29(13-19)33(31,32)7-4-20(21,22)23/h2,6,8-11H,3-4,7,12-13H2,1H3,(H,26,27). The van der Waals surface area contributed by atoms with Crippen molar-refractivity contribution < 1.29 is 21.6 Å². The predicted octanol–water partition coefficient (Wildman–Crippen LogP) is 2.68. The van der Waals surface area contributed by atoms with Crippen LogP contribution >= 0.6 is 0 Å². The van der Waals surface area contributed by atoms with Crippen molar-refractivity contribution in [2.45, 2.75) is 24.6 Å². The van der Waals surface area contributed by atoms with Crippen LogP contribution in [0.2, 0.25) is 0 Å². The number of aliphatic imine (C=N–C) groups is 1. The normalized spacial score (nSPS) is 16.8. The summed E-state index contributed by atoms with van der Waals surface area (Å²) in [5.74, 6) is -1.02. The number of nitrogens with one attached hydrogen (secondary N) is 1. The highest BCUT2D eigenvalue weighted by Crippen LogP contribution is 2.37. The molecule has 4 rings (SSSR count). The molecule has 0 atom stereocenters. The molecular formula is C20H20F3N7O2S. The summed E-state index contributed by atoms with van der Waals surface area (Å²) in [4.78, 5) is 11.5. The van der Waals surface area contributed by atoms with E-state index in [2.05, 4.69) is 20.1 Å². The molecule has 1 aliphatic heterocycles. The van der Waals surface area contributed by atoms with Crippen LogP contribution in [0.15, 0.2) is 35.8 Å². The summed E-state index contributed by atoms with van der Waals surface area (Å²) in [5, 5.41) is 14.6. The van der Waals surface area contributed by atoms with Crippen LogP contribution in [-0.4, -0.2) is 70.8 Å². The molecule has 0 bridgehead atoms. The lowest BCUT2D eigenvalue weighted by Crippen LogP contribution is -2.64. The van der Waals surface area contributed by atoms with Gasteiger partial charge in [0.15, 0.2) is 0 Å². The molecule has 0 unspecified atom stereocenters. The molecule has 13 heteroatoms. The van der Waals surface area contributed by atoms with Gasteiger partial charge in [-0.05, 0) is 6.07 Å². The maximum atomic E-state index is 12.5. The summed E-state index contributed by atoms with van der Waals surface area (Å²) in [5.41, 5.74) is 2.00. The zero-order valence-corrected chi connectivity index (χ0v) is 18.4. The first-order valence-electron chi connectivity index (χ1n) is 9.94. The Morgan fingerprint density at radius 1 is 1.36 bits per heavy atom. The second-order valence-electron chi connectivity index (χ2n) is 7.90. The van der Waals surface area contributed by atoms with E-state index in [1.54, 1.807) is 38.0 Å². The maximum absolute atomic E-state index is 12.5. The molecule has 4 heterocycles. The summed E-state index contributed by atoms with van der Waals surface area (Å²) in [6.45, 7) is -0.248. The number of aromatic nitrogens is 4. The van der Waals surface area contributed by atoms with Crippen molar-refractivity contribution in [3.05, 3.63) is 36.4 Å². The van der Waals surface area contributed by atoms with Crippen LogP contribution in [0.3, 0.4) is 0 Å². The maximum Gasteiger partial charge on any atom is 0.390 e. The lowest BCUT2D eigenvalue weighted by molar-refractivity contribution is -0.130. The second kappa shape index (κ2) is 8.27. The number of fused-ring (bicyclic) bond motifs is 1. The van der Waals surface area contributed by atoms with E-state index in [4.69, 9.17) is 0 Å². The van der Waals surface area contributed by atoms with Crippen molar-refractivity contribution in [1.29, 1.82) is 5.26 Å². The van der Waals surface area contributed by atoms with Crippen LogP contribution in [0.1, 0.15) is 18.4 Å². The number of aromatic amines is 1. The van der Waals surface area contributed by atoms with E-state index in [1.165, 1.54) is 4.68 Å². The van der Waals surface area contributed by atoms with E-state index in [0.717, 1.165) is 20.8 Å². The second-order valence-corrected chi connectivity index (χ2v) is 9.99. The summed E-state index contributed by atoms with van der Waals surface area (Å²) in [6, 6.07) is 3.91. The number of rotatable bonds is 7. The van der Waals surface area contributed by atoms with Crippen molar-refractivity contribution in [1.82, 2.24) is 24.1 Å². The predicted molar refractivity (Wildman–Crippen MR) is 115 cm³/mol. The summed E-state index contributed by atoms with van der Waals surface area (Å²) in [7, 11) is -2.46. The first-order chi connectivity index (χ1) is 15.6. The van der Waals surface area contributed by atoms with Gasteiger partial charge < -0.3 is 4.98 Å². The zero-order chi connectivity index (χ0) is 23.9. The van der Waals surface area contributed by atoms with Gasteiger partial charge in [0.2, 0.25) is 10.0 Å². The van der Waals surface area contributed by atoms with Gasteiger partial charge in [0.25, 0.3) is 0 Å². The third kappa shape index (κ3) is 4.36. The Hall–Kier alpha value is -3.24. The quantitative estimate of drug-likeness (QED) is 0.523. The van der Waals surface area contributed by atoms with E-state index in [0.29, 0.717) is 11.2 Å². The van der Waals surface area contributed by atoms with Crippen molar-refractivity contribution in [3.63, 3.8) is 0 Å². The van der Waals surface area contributed by atoms with Gasteiger partial charge in [-0.15, -0.1) is 0 Å². The van der Waals surface area contributed by atoms with E-state index < -0.39 is 33.9 Å². The lowest BCUT2D eigenvalue weighted by Gasteiger charge is -2.47. The Bertz CT molecular complexity index is 1350. The van der Waals surface area contributed by atoms with Crippen LogP contribution in [-0.2, 0) is 15.6 Å². The molecule has 0 aromatic carbocycles. The fourth-order valence-corrected chi connectivity index (χ4v) is 5.58. The van der Waals surface area contributed by atoms with Gasteiger partial charge in [0, 0.05) is 67.0 Å². The molecule has 1 aliphatic rings. The number of halogens is 3. The van der Waals surface area contributed by atoms with Crippen LogP contribution in [0.4, 0.5) is 13.2 Å². The Balaban J connectivity index is 1.64. The van der Waals surface area contributed by atoms with Crippen molar-refractivity contribution in [3.8, 4) is 17.2 Å². The molecule has 33 heavy (non-hydrogen) atoms. The monoisotopic (exact) mass is 479 g/mol. The molecule has 0 saturated carbocycles. The number of nitriles is 1. The Morgan fingerprint density at radius 2 is 2.12 bits per heavy atom. The molecular weight excluding hydrogens is 459 g/mol. The molecule has 0 amide bonds. The fourth-order valence-electron chi connectivity index (χ4n) is 3.96. The third-order valence-electron chi connectivity index (χ3n) is 5.63. The number of nitrogens with zero attached hydrogens (tertiary/aromatic N) is 6. The smallest absolute Gasteiger partial charge is 0.346 e. The van der Waals surface area contributed by atoms with Crippen molar-refractivity contribution >= 4 is 27.3 Å². The molecule has 174 valence electrons. The zero-order valence-electron chi connectivity index (χ0n) is 17.5. The van der Waals surface area contributed by atoms with Gasteiger partial charge >= 0.3 is 6.18 Å². The first kappa shape index (κ1) is 22.9. The number of sulfonamides is 1. The van der Waals surface area contributed by atoms with Gasteiger partial charge in [0.05, 0.1) is 30.9 Å². The average molecular weight is 479 g/mol. The van der Waals surface area contributed by atoms with Crippen LogP contribution in [0.5, 0.6) is 0 Å². The highest BCUT2D eigenvalue weighted by molar-refractivity contribution is 7.89. The Kier molecular flexibility index (Phi) is 5.75. The highest BCUT2D eigenvalue weighted by Gasteiger charge is 2.50. The van der Waals surface area contributed by atoms with Gasteiger partial charge in [-0.3, -0.25) is 9.67 Å². The summed E-state index contributed by atoms with van der Waals surface area (Å²) < 4.78 is 64.6. The van der Waals surface area contributed by atoms with Crippen molar-refractivity contribution in [2.75, 3.05) is 25.9 Å². The Morgan fingerprint density at radius 3 is 2.79 bits per heavy atom. The molecule has 0 spiro atoms. The third-order valence-corrected chi connectivity index (χ3v) is 7.39. The molecule has 0 aliphatic carbocycles. The average Bonchev–Trinajstić information content (AvgIpc) is 3.38. The van der Waals surface area contributed by atoms with Crippen LogP contribution < -0.4 is 0 Å². The first-order valence-corrected chi connectivity index (χ1v) is 11.5. The minimum Gasteiger partial charge on any atom is -0.346 e. The lowest BCUT2D eigenvalue weighted by atomic mass is 9.89. The number of hydrogen-bond acceptors (Lipinski definition) is 6. The minimum absolute atomic E-state index is 0.0431. The number of alkyl halides is 3. The molecule has 1 saturated heterocycles. The van der Waals surface area contributed by atoms with Gasteiger partial charge in [-0.25, -0.2) is 13.4 Å². The Labute approximate surface area is 187 Å². The SMILES string of the molecule is CN=Cc1cnc2[nH]ccc2c1-c1cnn(C2(CC#N)CN(S(=O)(=O)CCC(F)(F)F)C2)c1. The van der Waals surface area contributed by atoms with Crippen LogP contribution in [0.25, 0.3) is 22.2 Å². The summed E-state index contributed by atoms with van der Waals surface area (Å²) >= 11 is 0. The number of pyridine rings is 1. The van der Waals surface area contributed by atoms with E-state index in [9.17, 15) is 26.9 Å². The van der Waals surface area contributed by atoms with E-state index in [1.807, 2.05) is 12.1 Å². The van der Waals surface area contributed by atoms with Gasteiger partial charge in [-0.2, -0.15) is 27.8 Å². The topological polar surface area (TPSA) is 120 Å². The van der Waals surface area contributed by atoms with Gasteiger partial charge in [0.1, 0.15) is 11.2 Å².